The molecular weight excluding hydrogens is 617 g/mol. The summed E-state index contributed by atoms with van der Waals surface area (Å²) in [5.74, 6) is 3.59. The standard InChI is InChI=1S/C40H54O5Si2/c1-5-9-29-41-33-21-13-17-25-37(33)46(38-26-18-14-22-34(38)42-30-10-6-2)45-47(39-27-19-15-23-35(39)43-31-11-7-3)40-28-20-16-24-36(40)44-32-12-8-4/h13-28,46-47H,5-12,29-32H2,1-4H3. The van der Waals surface area contributed by atoms with Gasteiger partial charge in [0.2, 0.25) is 18.1 Å². The third-order valence-electron chi connectivity index (χ3n) is 8.10. The maximum Gasteiger partial charge on any atom is 0.236 e. The lowest BCUT2D eigenvalue weighted by Gasteiger charge is -2.29. The maximum absolute atomic E-state index is 7.74. The Labute approximate surface area is 286 Å². The van der Waals surface area contributed by atoms with E-state index in [1.165, 1.54) is 0 Å². The van der Waals surface area contributed by atoms with Gasteiger partial charge in [-0.1, -0.05) is 126 Å². The molecule has 0 N–H and O–H groups in total. The Morgan fingerprint density at radius 3 is 0.830 bits per heavy atom. The molecule has 0 aliphatic carbocycles. The number of hydrogen-bond donors (Lipinski definition) is 0. The summed E-state index contributed by atoms with van der Waals surface area (Å²) in [5, 5.41) is 4.51. The van der Waals surface area contributed by atoms with E-state index in [1.807, 2.05) is 0 Å². The lowest BCUT2D eigenvalue weighted by atomic mass is 10.3. The van der Waals surface area contributed by atoms with E-state index >= 15 is 0 Å². The van der Waals surface area contributed by atoms with Crippen molar-refractivity contribution in [3.05, 3.63) is 97.1 Å². The number of para-hydroxylation sites is 4. The molecule has 0 bridgehead atoms. The van der Waals surface area contributed by atoms with Crippen molar-refractivity contribution in [2.24, 2.45) is 0 Å². The van der Waals surface area contributed by atoms with Gasteiger partial charge in [-0.15, -0.1) is 0 Å². The van der Waals surface area contributed by atoms with Crippen molar-refractivity contribution in [2.45, 2.75) is 79.1 Å². The van der Waals surface area contributed by atoms with Crippen LogP contribution in [0.15, 0.2) is 97.1 Å². The second-order valence-corrected chi connectivity index (χ2v) is 17.0. The van der Waals surface area contributed by atoms with E-state index in [1.54, 1.807) is 0 Å². The molecule has 0 radical (unpaired) electrons. The molecular formula is C40H54O5Si2. The van der Waals surface area contributed by atoms with Crippen LogP contribution in [-0.2, 0) is 4.12 Å². The fourth-order valence-electron chi connectivity index (χ4n) is 5.38. The molecule has 4 aromatic carbocycles. The minimum absolute atomic E-state index is 0.673. The lowest BCUT2D eigenvalue weighted by molar-refractivity contribution is 0.310. The highest BCUT2D eigenvalue weighted by atomic mass is 28.4. The number of hydrogen-bond acceptors (Lipinski definition) is 5. The van der Waals surface area contributed by atoms with Gasteiger partial charge in [0.1, 0.15) is 23.0 Å². The summed E-state index contributed by atoms with van der Waals surface area (Å²) >= 11 is 0. The van der Waals surface area contributed by atoms with Crippen LogP contribution in [0.5, 0.6) is 23.0 Å². The molecule has 4 aromatic rings. The van der Waals surface area contributed by atoms with Crippen LogP contribution in [0.4, 0.5) is 0 Å². The summed E-state index contributed by atoms with van der Waals surface area (Å²) in [5.41, 5.74) is 0. The predicted octanol–water partition coefficient (Wildman–Crippen LogP) is 6.80. The van der Waals surface area contributed by atoms with Crippen LogP contribution < -0.4 is 39.7 Å². The summed E-state index contributed by atoms with van der Waals surface area (Å²) in [6, 6.07) is 33.8. The van der Waals surface area contributed by atoms with Crippen LogP contribution in [0.1, 0.15) is 79.1 Å². The van der Waals surface area contributed by atoms with Crippen LogP contribution in [0.3, 0.4) is 0 Å². The highest BCUT2D eigenvalue weighted by Crippen LogP contribution is 2.19. The van der Waals surface area contributed by atoms with Crippen molar-refractivity contribution in [2.75, 3.05) is 26.4 Å². The molecule has 0 aliphatic heterocycles. The number of ether oxygens (including phenoxy) is 4. The van der Waals surface area contributed by atoms with Crippen molar-refractivity contribution in [1.29, 1.82) is 0 Å². The minimum atomic E-state index is -2.44. The minimum Gasteiger partial charge on any atom is -0.494 e. The quantitative estimate of drug-likeness (QED) is 0.0681. The van der Waals surface area contributed by atoms with Crippen LogP contribution in [0, 0.1) is 0 Å². The van der Waals surface area contributed by atoms with Gasteiger partial charge in [-0.2, -0.15) is 0 Å². The van der Waals surface area contributed by atoms with Gasteiger partial charge in [0.25, 0.3) is 0 Å². The fourth-order valence-corrected chi connectivity index (χ4v) is 12.4. The maximum atomic E-state index is 7.74. The Morgan fingerprint density at radius 2 is 0.596 bits per heavy atom. The first-order chi connectivity index (χ1) is 23.2. The van der Waals surface area contributed by atoms with E-state index in [9.17, 15) is 0 Å². The zero-order chi connectivity index (χ0) is 33.1. The monoisotopic (exact) mass is 670 g/mol. The second-order valence-electron chi connectivity index (χ2n) is 11.9. The molecule has 0 spiro atoms. The molecule has 0 saturated heterocycles. The van der Waals surface area contributed by atoms with E-state index in [0.29, 0.717) is 26.4 Å². The summed E-state index contributed by atoms with van der Waals surface area (Å²) in [6.45, 7) is 11.5. The highest BCUT2D eigenvalue weighted by molar-refractivity contribution is 6.93. The van der Waals surface area contributed by atoms with E-state index < -0.39 is 18.1 Å². The smallest absolute Gasteiger partial charge is 0.236 e. The zero-order valence-electron chi connectivity index (χ0n) is 28.9. The van der Waals surface area contributed by atoms with Crippen molar-refractivity contribution >= 4 is 38.8 Å². The Bertz CT molecular complexity index is 1250. The van der Waals surface area contributed by atoms with Crippen LogP contribution in [0.25, 0.3) is 0 Å². The Hall–Kier alpha value is -3.53. The van der Waals surface area contributed by atoms with Crippen molar-refractivity contribution in [3.8, 4) is 23.0 Å². The van der Waals surface area contributed by atoms with Gasteiger partial charge in [0.15, 0.2) is 0 Å². The van der Waals surface area contributed by atoms with Crippen LogP contribution in [-0.4, -0.2) is 44.5 Å². The topological polar surface area (TPSA) is 46.2 Å². The summed E-state index contributed by atoms with van der Waals surface area (Å²) in [7, 11) is -4.87. The van der Waals surface area contributed by atoms with Crippen molar-refractivity contribution in [1.82, 2.24) is 0 Å². The number of unbranched alkanes of at least 4 members (excludes halogenated alkanes) is 4. The van der Waals surface area contributed by atoms with Gasteiger partial charge in [-0.3, -0.25) is 0 Å². The van der Waals surface area contributed by atoms with E-state index in [-0.39, 0.29) is 0 Å². The number of rotatable bonds is 22. The van der Waals surface area contributed by atoms with Gasteiger partial charge in [0, 0.05) is 20.7 Å². The largest absolute Gasteiger partial charge is 0.494 e. The van der Waals surface area contributed by atoms with Gasteiger partial charge < -0.3 is 23.1 Å². The molecule has 0 amide bonds. The Morgan fingerprint density at radius 1 is 0.362 bits per heavy atom. The third-order valence-corrected chi connectivity index (χ3v) is 14.4. The fraction of sp³-hybridized carbons (Fsp3) is 0.400. The lowest BCUT2D eigenvalue weighted by Crippen LogP contribution is -2.57. The first-order valence-corrected chi connectivity index (χ1v) is 21.0. The molecule has 7 heteroatoms. The molecule has 252 valence electrons. The molecule has 4 rings (SSSR count). The average Bonchev–Trinajstić information content (AvgIpc) is 3.11. The molecule has 0 heterocycles. The van der Waals surface area contributed by atoms with E-state index in [2.05, 4.69) is 125 Å². The first kappa shape index (κ1) is 36.3. The summed E-state index contributed by atoms with van der Waals surface area (Å²) < 4.78 is 33.6. The Kier molecular flexibility index (Phi) is 16.0. The number of benzene rings is 4. The zero-order valence-corrected chi connectivity index (χ0v) is 31.2. The predicted molar refractivity (Wildman–Crippen MR) is 201 cm³/mol. The van der Waals surface area contributed by atoms with Gasteiger partial charge in [-0.25, -0.2) is 0 Å². The third kappa shape index (κ3) is 10.7. The van der Waals surface area contributed by atoms with Crippen molar-refractivity contribution < 1.29 is 23.1 Å². The molecule has 0 unspecified atom stereocenters. The molecule has 0 fully saturated rings. The molecule has 47 heavy (non-hydrogen) atoms. The van der Waals surface area contributed by atoms with E-state index in [4.69, 9.17) is 23.1 Å². The highest BCUT2D eigenvalue weighted by Gasteiger charge is 2.33. The van der Waals surface area contributed by atoms with Gasteiger partial charge in [-0.05, 0) is 49.9 Å². The first-order valence-electron chi connectivity index (χ1n) is 17.7. The molecule has 5 nitrogen and oxygen atoms in total. The molecule has 0 aliphatic rings. The van der Waals surface area contributed by atoms with Crippen molar-refractivity contribution in [3.63, 3.8) is 0 Å². The second kappa shape index (κ2) is 20.7. The summed E-state index contributed by atoms with van der Waals surface area (Å²) in [6.07, 6.45) is 8.30. The van der Waals surface area contributed by atoms with Crippen LogP contribution in [0.2, 0.25) is 0 Å². The van der Waals surface area contributed by atoms with Gasteiger partial charge in [0.05, 0.1) is 26.4 Å². The van der Waals surface area contributed by atoms with Gasteiger partial charge >= 0.3 is 0 Å². The normalized spacial score (nSPS) is 11.2. The van der Waals surface area contributed by atoms with Crippen LogP contribution >= 0.6 is 0 Å². The molecule has 0 aromatic heterocycles. The summed E-state index contributed by atoms with van der Waals surface area (Å²) in [4.78, 5) is 0. The SMILES string of the molecule is CCCCOc1ccccc1[SiH](O[SiH](c1ccccc1OCCCC)c1ccccc1OCCCC)c1ccccc1OCCCC. The average molecular weight is 671 g/mol. The molecule has 0 saturated carbocycles. The Balaban J connectivity index is 1.89. The molecule has 0 atom stereocenters. The van der Waals surface area contributed by atoms with E-state index in [0.717, 1.165) is 95.1 Å².